The number of hydrogen-bond donors (Lipinski definition) is 1. The minimum absolute atomic E-state index is 0.102. The second-order valence-corrected chi connectivity index (χ2v) is 8.88. The van der Waals surface area contributed by atoms with Gasteiger partial charge < -0.3 is 10.6 Å². The quantitative estimate of drug-likeness (QED) is 0.801. The fourth-order valence-corrected chi connectivity index (χ4v) is 5.10. The van der Waals surface area contributed by atoms with Crippen molar-refractivity contribution < 1.29 is 14.0 Å². The molecule has 2 aromatic carbocycles. The predicted molar refractivity (Wildman–Crippen MR) is 115 cm³/mol. The lowest BCUT2D eigenvalue weighted by molar-refractivity contribution is -0.142. The number of hydrogen-bond acceptors (Lipinski definition) is 2. The number of carbonyl (C=O) groups excluding carboxylic acids is 2. The van der Waals surface area contributed by atoms with Gasteiger partial charge in [-0.1, -0.05) is 49.2 Å². The fourth-order valence-electron chi connectivity index (χ4n) is 5.10. The Labute approximate surface area is 177 Å². The van der Waals surface area contributed by atoms with Gasteiger partial charge in [0.2, 0.25) is 11.8 Å². The molecule has 4 nitrogen and oxygen atoms in total. The first-order valence-corrected chi connectivity index (χ1v) is 10.9. The first-order chi connectivity index (χ1) is 14.5. The van der Waals surface area contributed by atoms with Crippen molar-refractivity contribution in [1.29, 1.82) is 0 Å². The molecule has 4 rings (SSSR count). The molecule has 1 aliphatic heterocycles. The molecule has 158 valence electrons. The van der Waals surface area contributed by atoms with Crippen molar-refractivity contribution in [2.75, 3.05) is 13.1 Å². The van der Waals surface area contributed by atoms with Gasteiger partial charge in [0, 0.05) is 19.0 Å². The first-order valence-electron chi connectivity index (χ1n) is 10.9. The third kappa shape index (κ3) is 4.25. The molecule has 1 atom stereocenters. The highest BCUT2D eigenvalue weighted by atomic mass is 19.1. The highest BCUT2D eigenvalue weighted by molar-refractivity contribution is 5.84. The van der Waals surface area contributed by atoms with Gasteiger partial charge in [-0.15, -0.1) is 0 Å². The van der Waals surface area contributed by atoms with Gasteiger partial charge in [0.1, 0.15) is 5.82 Å². The summed E-state index contributed by atoms with van der Waals surface area (Å²) in [6.45, 7) is 1.09. The zero-order valence-electron chi connectivity index (χ0n) is 17.3. The molecule has 1 aliphatic carbocycles. The molecule has 5 heteroatoms. The number of nitrogens with zero attached hydrogens (tertiary/aromatic N) is 1. The SMILES string of the molecule is NC(=O)[C@]1(Cc2cccc(-c3cccc(F)c3)c2)CCCN(C(=O)C2CCCC2)C1. The van der Waals surface area contributed by atoms with Crippen LogP contribution in [0.5, 0.6) is 0 Å². The van der Waals surface area contributed by atoms with Crippen LogP contribution in [0, 0.1) is 17.2 Å². The number of piperidine rings is 1. The standard InChI is InChI=1S/C25H29FN2O2/c26-22-11-4-10-21(15-22)20-9-3-6-18(14-20)16-25(24(27)30)12-5-13-28(17-25)23(29)19-7-1-2-8-19/h3-4,6,9-11,14-15,19H,1-2,5,7-8,12-13,16-17H2,(H2,27,30)/t25-/m0/s1. The molecule has 2 amide bonds. The fraction of sp³-hybridized carbons (Fsp3) is 0.440. The normalized spacial score (nSPS) is 22.2. The van der Waals surface area contributed by atoms with E-state index >= 15 is 0 Å². The van der Waals surface area contributed by atoms with Crippen molar-refractivity contribution in [3.8, 4) is 11.1 Å². The molecule has 0 aromatic heterocycles. The van der Waals surface area contributed by atoms with Gasteiger partial charge in [-0.05, 0) is 60.9 Å². The van der Waals surface area contributed by atoms with E-state index in [1.54, 1.807) is 6.07 Å². The number of benzene rings is 2. The van der Waals surface area contributed by atoms with E-state index in [1.807, 2.05) is 35.2 Å². The topological polar surface area (TPSA) is 63.4 Å². The summed E-state index contributed by atoms with van der Waals surface area (Å²) in [5.41, 5.74) is 7.83. The van der Waals surface area contributed by atoms with Crippen molar-refractivity contribution in [3.05, 3.63) is 59.9 Å². The Hall–Kier alpha value is -2.69. The van der Waals surface area contributed by atoms with Crippen LogP contribution in [0.3, 0.4) is 0 Å². The number of amides is 2. The molecule has 2 N–H and O–H groups in total. The number of halogens is 1. The number of primary amides is 1. The van der Waals surface area contributed by atoms with E-state index in [0.29, 0.717) is 25.9 Å². The highest BCUT2D eigenvalue weighted by Crippen LogP contribution is 2.36. The zero-order valence-corrected chi connectivity index (χ0v) is 17.3. The largest absolute Gasteiger partial charge is 0.369 e. The molecule has 0 radical (unpaired) electrons. The van der Waals surface area contributed by atoms with Crippen LogP contribution in [0.2, 0.25) is 0 Å². The molecule has 1 heterocycles. The second kappa shape index (κ2) is 8.58. The van der Waals surface area contributed by atoms with E-state index in [0.717, 1.165) is 48.8 Å². The Bertz CT molecular complexity index is 938. The molecule has 2 aliphatic rings. The van der Waals surface area contributed by atoms with E-state index in [9.17, 15) is 14.0 Å². The van der Waals surface area contributed by atoms with Gasteiger partial charge in [-0.2, -0.15) is 0 Å². The van der Waals surface area contributed by atoms with Crippen LogP contribution in [-0.2, 0) is 16.0 Å². The highest BCUT2D eigenvalue weighted by Gasteiger charge is 2.43. The number of carbonyl (C=O) groups is 2. The van der Waals surface area contributed by atoms with Crippen LogP contribution in [0.1, 0.15) is 44.1 Å². The molecule has 1 saturated carbocycles. The molecule has 2 aromatic rings. The van der Waals surface area contributed by atoms with Crippen LogP contribution in [0.15, 0.2) is 48.5 Å². The Kier molecular flexibility index (Phi) is 5.89. The zero-order chi connectivity index (χ0) is 21.1. The molecule has 1 saturated heterocycles. The Morgan fingerprint density at radius 3 is 2.43 bits per heavy atom. The monoisotopic (exact) mass is 408 g/mol. The third-order valence-corrected chi connectivity index (χ3v) is 6.74. The van der Waals surface area contributed by atoms with Crippen molar-refractivity contribution in [2.45, 2.75) is 44.9 Å². The number of likely N-dealkylation sites (tertiary alicyclic amines) is 1. The van der Waals surface area contributed by atoms with Crippen molar-refractivity contribution >= 4 is 11.8 Å². The van der Waals surface area contributed by atoms with E-state index in [1.165, 1.54) is 12.1 Å². The van der Waals surface area contributed by atoms with Gasteiger partial charge in [0.25, 0.3) is 0 Å². The summed E-state index contributed by atoms with van der Waals surface area (Å²) >= 11 is 0. The minimum Gasteiger partial charge on any atom is -0.369 e. The number of nitrogens with two attached hydrogens (primary N) is 1. The van der Waals surface area contributed by atoms with Gasteiger partial charge in [-0.3, -0.25) is 9.59 Å². The van der Waals surface area contributed by atoms with E-state index in [-0.39, 0.29) is 23.5 Å². The summed E-state index contributed by atoms with van der Waals surface area (Å²) in [5, 5.41) is 0. The molecular formula is C25H29FN2O2. The van der Waals surface area contributed by atoms with Gasteiger partial charge >= 0.3 is 0 Å². The lowest BCUT2D eigenvalue weighted by Gasteiger charge is -2.41. The van der Waals surface area contributed by atoms with Gasteiger partial charge in [0.05, 0.1) is 5.41 Å². The summed E-state index contributed by atoms with van der Waals surface area (Å²) in [7, 11) is 0. The van der Waals surface area contributed by atoms with E-state index < -0.39 is 5.41 Å². The Morgan fingerprint density at radius 1 is 1.03 bits per heavy atom. The predicted octanol–water partition coefficient (Wildman–Crippen LogP) is 4.32. The van der Waals surface area contributed by atoms with E-state index in [2.05, 4.69) is 0 Å². The molecule has 0 unspecified atom stereocenters. The smallest absolute Gasteiger partial charge is 0.225 e. The van der Waals surface area contributed by atoms with Crippen molar-refractivity contribution in [1.82, 2.24) is 4.90 Å². The Morgan fingerprint density at radius 2 is 1.73 bits per heavy atom. The maximum Gasteiger partial charge on any atom is 0.225 e. The maximum absolute atomic E-state index is 13.6. The third-order valence-electron chi connectivity index (χ3n) is 6.74. The maximum atomic E-state index is 13.6. The molecular weight excluding hydrogens is 379 g/mol. The average molecular weight is 409 g/mol. The summed E-state index contributed by atoms with van der Waals surface area (Å²) in [5.74, 6) is -0.334. The Balaban J connectivity index is 1.56. The molecule has 2 fully saturated rings. The van der Waals surface area contributed by atoms with E-state index in [4.69, 9.17) is 5.73 Å². The van der Waals surface area contributed by atoms with Crippen LogP contribution in [-0.4, -0.2) is 29.8 Å². The average Bonchev–Trinajstić information content (AvgIpc) is 3.28. The van der Waals surface area contributed by atoms with Gasteiger partial charge in [-0.25, -0.2) is 4.39 Å². The number of rotatable bonds is 5. The molecule has 0 spiro atoms. The van der Waals surface area contributed by atoms with Crippen molar-refractivity contribution in [2.24, 2.45) is 17.1 Å². The van der Waals surface area contributed by atoms with Crippen molar-refractivity contribution in [3.63, 3.8) is 0 Å². The minimum atomic E-state index is -0.757. The molecule has 30 heavy (non-hydrogen) atoms. The first kappa shape index (κ1) is 20.6. The summed E-state index contributed by atoms with van der Waals surface area (Å²) in [4.78, 5) is 27.5. The van der Waals surface area contributed by atoms with Crippen LogP contribution in [0.25, 0.3) is 11.1 Å². The summed E-state index contributed by atoms with van der Waals surface area (Å²) < 4.78 is 13.6. The van der Waals surface area contributed by atoms with Crippen LogP contribution < -0.4 is 5.73 Å². The van der Waals surface area contributed by atoms with Crippen LogP contribution >= 0.6 is 0 Å². The van der Waals surface area contributed by atoms with Gasteiger partial charge in [0.15, 0.2) is 0 Å². The summed E-state index contributed by atoms with van der Waals surface area (Å²) in [6, 6.07) is 14.3. The van der Waals surface area contributed by atoms with Crippen LogP contribution in [0.4, 0.5) is 4.39 Å². The summed E-state index contributed by atoms with van der Waals surface area (Å²) in [6.07, 6.45) is 6.07. The second-order valence-electron chi connectivity index (χ2n) is 8.88. The lowest BCUT2D eigenvalue weighted by Crippen LogP contribution is -2.54. The molecule has 0 bridgehead atoms. The lowest BCUT2D eigenvalue weighted by atomic mass is 9.74.